The highest BCUT2D eigenvalue weighted by molar-refractivity contribution is 6.10. The number of allylic oxidation sites excluding steroid dienone is 1. The normalized spacial score (nSPS) is 16.1. The molecular weight excluding hydrogens is 400 g/mol. The topological polar surface area (TPSA) is 94.2 Å². The van der Waals surface area contributed by atoms with E-state index in [2.05, 4.69) is 5.32 Å². The maximum absolute atomic E-state index is 13.2. The van der Waals surface area contributed by atoms with E-state index in [0.717, 1.165) is 0 Å². The largest absolute Gasteiger partial charge is 0.497 e. The third-order valence-corrected chi connectivity index (χ3v) is 5.10. The summed E-state index contributed by atoms with van der Waals surface area (Å²) in [5.74, 6) is -1.56. The molecule has 1 aliphatic heterocycles. The summed E-state index contributed by atoms with van der Waals surface area (Å²) in [6.45, 7) is 1.63. The summed E-state index contributed by atoms with van der Waals surface area (Å²) in [5, 5.41) is 2.75. The van der Waals surface area contributed by atoms with Gasteiger partial charge in [-0.2, -0.15) is 0 Å². The van der Waals surface area contributed by atoms with E-state index in [1.807, 2.05) is 6.07 Å². The molecule has 1 heterocycles. The molecule has 31 heavy (non-hydrogen) atoms. The van der Waals surface area contributed by atoms with Crippen molar-refractivity contribution in [3.63, 3.8) is 0 Å². The first-order valence-electron chi connectivity index (χ1n) is 9.61. The van der Waals surface area contributed by atoms with Gasteiger partial charge in [0.2, 0.25) is 11.8 Å². The van der Waals surface area contributed by atoms with E-state index in [9.17, 15) is 14.4 Å². The van der Waals surface area contributed by atoms with E-state index in [1.165, 1.54) is 26.2 Å². The molecule has 2 amide bonds. The maximum atomic E-state index is 13.2. The Kier molecular flexibility index (Phi) is 6.59. The monoisotopic (exact) mass is 424 g/mol. The van der Waals surface area contributed by atoms with E-state index >= 15 is 0 Å². The number of carbonyl (C=O) groups is 3. The minimum Gasteiger partial charge on any atom is -0.497 e. The zero-order valence-electron chi connectivity index (χ0n) is 17.8. The molecular formula is C23H24N2O6. The van der Waals surface area contributed by atoms with Gasteiger partial charge in [-0.3, -0.25) is 14.5 Å². The van der Waals surface area contributed by atoms with E-state index in [4.69, 9.17) is 14.2 Å². The molecule has 0 bridgehead atoms. The number of nitrogens with zero attached hydrogens (tertiary/aromatic N) is 1. The Bertz CT molecular complexity index is 1030. The summed E-state index contributed by atoms with van der Waals surface area (Å²) in [6, 6.07) is 13.9. The van der Waals surface area contributed by atoms with Crippen LogP contribution in [0.5, 0.6) is 11.5 Å². The second-order valence-corrected chi connectivity index (χ2v) is 6.87. The van der Waals surface area contributed by atoms with Crippen LogP contribution in [0, 0.1) is 5.92 Å². The molecule has 0 radical (unpaired) electrons. The van der Waals surface area contributed by atoms with Crippen LogP contribution >= 0.6 is 0 Å². The van der Waals surface area contributed by atoms with Crippen molar-refractivity contribution in [1.82, 2.24) is 0 Å². The predicted octanol–water partition coefficient (Wildman–Crippen LogP) is 3.14. The van der Waals surface area contributed by atoms with Crippen molar-refractivity contribution in [3.05, 3.63) is 59.8 Å². The third-order valence-electron chi connectivity index (χ3n) is 5.10. The molecule has 0 aliphatic carbocycles. The number of hydrogen-bond donors (Lipinski definition) is 1. The number of anilines is 2. The zero-order valence-corrected chi connectivity index (χ0v) is 17.8. The standard InChI is InChI=1S/C23H24N2O6/c1-14-21(23(28)31-4)17(13-20(26)25(14)15-8-6-5-7-9-15)22(27)24-18-12-16(29-2)10-11-19(18)30-3/h5-12,17H,13H2,1-4H3,(H,24,27). The fourth-order valence-electron chi connectivity index (χ4n) is 3.60. The SMILES string of the molecule is COC(=O)C1=C(C)N(c2ccccc2)C(=O)CC1C(=O)Nc1cc(OC)ccc1OC. The van der Waals surface area contributed by atoms with Gasteiger partial charge in [0.05, 0.1) is 38.5 Å². The van der Waals surface area contributed by atoms with Crippen LogP contribution in [-0.4, -0.2) is 39.1 Å². The molecule has 0 saturated heterocycles. The molecule has 1 aliphatic rings. The van der Waals surface area contributed by atoms with E-state index in [1.54, 1.807) is 49.4 Å². The van der Waals surface area contributed by atoms with Gasteiger partial charge in [0.1, 0.15) is 11.5 Å². The van der Waals surface area contributed by atoms with Gasteiger partial charge in [0.25, 0.3) is 0 Å². The molecule has 1 N–H and O–H groups in total. The Morgan fingerprint density at radius 1 is 1.03 bits per heavy atom. The lowest BCUT2D eigenvalue weighted by atomic mass is 9.88. The number of amides is 2. The summed E-state index contributed by atoms with van der Waals surface area (Å²) in [7, 11) is 4.22. The first-order valence-corrected chi connectivity index (χ1v) is 9.61. The molecule has 3 rings (SSSR count). The van der Waals surface area contributed by atoms with Crippen molar-refractivity contribution in [2.45, 2.75) is 13.3 Å². The highest BCUT2D eigenvalue weighted by atomic mass is 16.5. The van der Waals surface area contributed by atoms with Crippen molar-refractivity contribution < 1.29 is 28.6 Å². The second-order valence-electron chi connectivity index (χ2n) is 6.87. The van der Waals surface area contributed by atoms with Crippen molar-refractivity contribution in [2.24, 2.45) is 5.92 Å². The quantitative estimate of drug-likeness (QED) is 0.716. The van der Waals surface area contributed by atoms with Crippen LogP contribution in [0.15, 0.2) is 59.8 Å². The van der Waals surface area contributed by atoms with Crippen LogP contribution in [0.1, 0.15) is 13.3 Å². The smallest absolute Gasteiger partial charge is 0.336 e. The van der Waals surface area contributed by atoms with Gasteiger partial charge in [0.15, 0.2) is 0 Å². The number of hydrogen-bond acceptors (Lipinski definition) is 6. The molecule has 162 valence electrons. The molecule has 0 aromatic heterocycles. The average Bonchev–Trinajstić information content (AvgIpc) is 2.78. The predicted molar refractivity (Wildman–Crippen MR) is 115 cm³/mol. The molecule has 8 heteroatoms. The van der Waals surface area contributed by atoms with Crippen LogP contribution in [-0.2, 0) is 19.1 Å². The summed E-state index contributed by atoms with van der Waals surface area (Å²) < 4.78 is 15.4. The molecule has 8 nitrogen and oxygen atoms in total. The van der Waals surface area contributed by atoms with Gasteiger partial charge in [-0.15, -0.1) is 0 Å². The number of para-hydroxylation sites is 1. The van der Waals surface area contributed by atoms with Crippen molar-refractivity contribution in [2.75, 3.05) is 31.5 Å². The first kappa shape index (κ1) is 21.9. The Balaban J connectivity index is 2.00. The van der Waals surface area contributed by atoms with Crippen LogP contribution in [0.2, 0.25) is 0 Å². The molecule has 2 aromatic carbocycles. The van der Waals surface area contributed by atoms with Gasteiger partial charge in [-0.05, 0) is 31.2 Å². The lowest BCUT2D eigenvalue weighted by Gasteiger charge is -2.33. The van der Waals surface area contributed by atoms with Crippen LogP contribution < -0.4 is 19.7 Å². The Hall–Kier alpha value is -3.81. The Labute approximate surface area is 180 Å². The lowest BCUT2D eigenvalue weighted by Crippen LogP contribution is -2.43. The summed E-state index contributed by atoms with van der Waals surface area (Å²) >= 11 is 0. The Morgan fingerprint density at radius 2 is 1.74 bits per heavy atom. The minimum atomic E-state index is -1.02. The number of benzene rings is 2. The van der Waals surface area contributed by atoms with Gasteiger partial charge < -0.3 is 19.5 Å². The van der Waals surface area contributed by atoms with Crippen LogP contribution in [0.3, 0.4) is 0 Å². The number of methoxy groups -OCH3 is 3. The fourth-order valence-corrected chi connectivity index (χ4v) is 3.60. The summed E-state index contributed by atoms with van der Waals surface area (Å²) in [6.07, 6.45) is -0.186. The van der Waals surface area contributed by atoms with Gasteiger partial charge in [0, 0.05) is 23.9 Å². The average molecular weight is 424 g/mol. The van der Waals surface area contributed by atoms with E-state index in [0.29, 0.717) is 28.6 Å². The summed E-state index contributed by atoms with van der Waals surface area (Å²) in [4.78, 5) is 40.2. The van der Waals surface area contributed by atoms with Gasteiger partial charge in [-0.1, -0.05) is 18.2 Å². The van der Waals surface area contributed by atoms with Crippen LogP contribution in [0.25, 0.3) is 0 Å². The first-order chi connectivity index (χ1) is 14.9. The fraction of sp³-hybridized carbons (Fsp3) is 0.261. The highest BCUT2D eigenvalue weighted by Crippen LogP contribution is 2.35. The number of nitrogens with one attached hydrogen (secondary N) is 1. The van der Waals surface area contributed by atoms with Crippen molar-refractivity contribution >= 4 is 29.2 Å². The maximum Gasteiger partial charge on any atom is 0.336 e. The van der Waals surface area contributed by atoms with Gasteiger partial charge >= 0.3 is 5.97 Å². The molecule has 0 saturated carbocycles. The molecule has 1 unspecified atom stereocenters. The zero-order chi connectivity index (χ0) is 22.5. The number of ether oxygens (including phenoxy) is 3. The molecule has 1 atom stereocenters. The van der Waals surface area contributed by atoms with E-state index < -0.39 is 17.8 Å². The summed E-state index contributed by atoms with van der Waals surface area (Å²) in [5.41, 5.74) is 1.46. The van der Waals surface area contributed by atoms with Crippen molar-refractivity contribution in [1.29, 1.82) is 0 Å². The lowest BCUT2D eigenvalue weighted by molar-refractivity contribution is -0.138. The number of rotatable bonds is 6. The van der Waals surface area contributed by atoms with Gasteiger partial charge in [-0.25, -0.2) is 4.79 Å². The number of carbonyl (C=O) groups excluding carboxylic acids is 3. The third kappa shape index (κ3) is 4.37. The minimum absolute atomic E-state index is 0.130. The molecule has 0 fully saturated rings. The Morgan fingerprint density at radius 3 is 2.35 bits per heavy atom. The second kappa shape index (κ2) is 9.34. The van der Waals surface area contributed by atoms with Crippen molar-refractivity contribution in [3.8, 4) is 11.5 Å². The highest BCUT2D eigenvalue weighted by Gasteiger charge is 2.40. The molecule has 2 aromatic rings. The van der Waals surface area contributed by atoms with Crippen LogP contribution in [0.4, 0.5) is 11.4 Å². The molecule has 0 spiro atoms. The number of esters is 1. The van der Waals surface area contributed by atoms with E-state index in [-0.39, 0.29) is 17.9 Å².